The van der Waals surface area contributed by atoms with E-state index >= 15 is 0 Å². The van der Waals surface area contributed by atoms with E-state index in [0.29, 0.717) is 11.4 Å². The van der Waals surface area contributed by atoms with Crippen LogP contribution in [0.1, 0.15) is 18.1 Å². The molecule has 0 aliphatic carbocycles. The molecular formula is C22H21N5O3. The Kier molecular flexibility index (Phi) is 5.30. The lowest BCUT2D eigenvalue weighted by molar-refractivity contribution is -0.117. The summed E-state index contributed by atoms with van der Waals surface area (Å²) in [6.07, 6.45) is 3.82. The molecule has 4 aromatic rings. The van der Waals surface area contributed by atoms with Crippen LogP contribution in [0.25, 0.3) is 5.65 Å². The number of aryl methyl sites for hydroxylation is 2. The van der Waals surface area contributed by atoms with Gasteiger partial charge in [-0.05, 0) is 42.7 Å². The van der Waals surface area contributed by atoms with Crippen LogP contribution in [-0.2, 0) is 17.8 Å². The molecule has 152 valence electrons. The maximum atomic E-state index is 12.7. The molecule has 0 saturated carbocycles. The molecule has 8 nitrogen and oxygen atoms in total. The third-order valence-electron chi connectivity index (χ3n) is 4.68. The summed E-state index contributed by atoms with van der Waals surface area (Å²) in [5.41, 5.74) is 2.52. The first-order chi connectivity index (χ1) is 14.5. The van der Waals surface area contributed by atoms with Crippen molar-refractivity contribution in [1.82, 2.24) is 19.2 Å². The minimum absolute atomic E-state index is 0.193. The van der Waals surface area contributed by atoms with Crippen LogP contribution in [-0.4, -0.2) is 25.1 Å². The monoisotopic (exact) mass is 403 g/mol. The second kappa shape index (κ2) is 8.20. The quantitative estimate of drug-likeness (QED) is 0.534. The van der Waals surface area contributed by atoms with Crippen molar-refractivity contribution in [1.29, 1.82) is 0 Å². The van der Waals surface area contributed by atoms with Crippen LogP contribution in [0.15, 0.2) is 65.7 Å². The van der Waals surface area contributed by atoms with E-state index in [2.05, 4.69) is 15.4 Å². The summed E-state index contributed by atoms with van der Waals surface area (Å²) in [7, 11) is 0. The normalized spacial score (nSPS) is 10.9. The molecular weight excluding hydrogens is 382 g/mol. The zero-order valence-corrected chi connectivity index (χ0v) is 16.7. The first kappa shape index (κ1) is 19.4. The van der Waals surface area contributed by atoms with Crippen LogP contribution in [0.4, 0.5) is 5.69 Å². The first-order valence-corrected chi connectivity index (χ1v) is 9.61. The Labute approximate surface area is 172 Å². The molecule has 0 atom stereocenters. The molecule has 2 aromatic carbocycles. The van der Waals surface area contributed by atoms with E-state index in [1.165, 1.54) is 16.8 Å². The topological polar surface area (TPSA) is 90.5 Å². The fraction of sp³-hybridized carbons (Fsp3) is 0.182. The summed E-state index contributed by atoms with van der Waals surface area (Å²) < 4.78 is 8.28. The van der Waals surface area contributed by atoms with E-state index < -0.39 is 5.69 Å². The van der Waals surface area contributed by atoms with Crippen LogP contribution in [0.5, 0.6) is 11.6 Å². The average Bonchev–Trinajstić information content (AvgIpc) is 3.06. The van der Waals surface area contributed by atoms with Gasteiger partial charge in [-0.15, -0.1) is 5.10 Å². The lowest BCUT2D eigenvalue weighted by Gasteiger charge is -2.07. The number of hydrogen-bond donors (Lipinski definition) is 1. The van der Waals surface area contributed by atoms with Crippen molar-refractivity contribution in [3.8, 4) is 11.6 Å². The number of carbonyl (C=O) groups excluding carboxylic acids is 1. The van der Waals surface area contributed by atoms with Crippen molar-refractivity contribution in [2.24, 2.45) is 0 Å². The molecule has 0 unspecified atom stereocenters. The highest BCUT2D eigenvalue weighted by atomic mass is 16.5. The van der Waals surface area contributed by atoms with Gasteiger partial charge in [0.05, 0.1) is 0 Å². The number of nitrogens with zero attached hydrogens (tertiary/aromatic N) is 4. The zero-order valence-electron chi connectivity index (χ0n) is 16.7. The molecule has 4 rings (SSSR count). The van der Waals surface area contributed by atoms with Crippen molar-refractivity contribution < 1.29 is 9.53 Å². The van der Waals surface area contributed by atoms with Gasteiger partial charge in [-0.25, -0.2) is 18.9 Å². The number of amides is 1. The van der Waals surface area contributed by atoms with Crippen molar-refractivity contribution in [3.05, 3.63) is 82.5 Å². The third kappa shape index (κ3) is 3.93. The molecule has 1 amide bonds. The second-order valence-corrected chi connectivity index (χ2v) is 6.84. The lowest BCUT2D eigenvalue weighted by atomic mass is 10.1. The van der Waals surface area contributed by atoms with Gasteiger partial charge in [0.1, 0.15) is 12.3 Å². The molecule has 30 heavy (non-hydrogen) atoms. The summed E-state index contributed by atoms with van der Waals surface area (Å²) in [5, 5.41) is 7.08. The fourth-order valence-corrected chi connectivity index (χ4v) is 3.08. The predicted molar refractivity (Wildman–Crippen MR) is 113 cm³/mol. The van der Waals surface area contributed by atoms with Crippen molar-refractivity contribution in [2.75, 3.05) is 5.32 Å². The Morgan fingerprint density at radius 1 is 1.17 bits per heavy atom. The largest absolute Gasteiger partial charge is 0.436 e. The standard InChI is InChI=1S/C22H21N5O3/c1-3-16-8-6-9-17(13-16)24-19(28)14-27-22(29)26-12-11-23-21(20(26)25-27)30-18-10-5-4-7-15(18)2/h4-13H,3,14H2,1-2H3,(H,24,28). The van der Waals surface area contributed by atoms with Crippen LogP contribution in [0.3, 0.4) is 0 Å². The number of ether oxygens (including phenoxy) is 1. The van der Waals surface area contributed by atoms with Crippen LogP contribution < -0.4 is 15.7 Å². The van der Waals surface area contributed by atoms with E-state index in [1.807, 2.05) is 62.4 Å². The number of hydrogen-bond acceptors (Lipinski definition) is 5. The number of para-hydroxylation sites is 1. The molecule has 0 bridgehead atoms. The highest BCUT2D eigenvalue weighted by Gasteiger charge is 2.16. The minimum atomic E-state index is -0.445. The molecule has 0 fully saturated rings. The predicted octanol–water partition coefficient (Wildman–Crippen LogP) is 3.19. The highest BCUT2D eigenvalue weighted by molar-refractivity contribution is 5.90. The number of rotatable bonds is 6. The lowest BCUT2D eigenvalue weighted by Crippen LogP contribution is -2.28. The molecule has 0 saturated heterocycles. The van der Waals surface area contributed by atoms with Crippen LogP contribution in [0.2, 0.25) is 0 Å². The van der Waals surface area contributed by atoms with E-state index in [1.54, 1.807) is 0 Å². The molecule has 0 aliphatic rings. The van der Waals surface area contributed by atoms with Gasteiger partial charge >= 0.3 is 5.69 Å². The van der Waals surface area contributed by atoms with Crippen molar-refractivity contribution in [2.45, 2.75) is 26.8 Å². The van der Waals surface area contributed by atoms with Gasteiger partial charge < -0.3 is 10.1 Å². The number of carbonyl (C=O) groups is 1. The van der Waals surface area contributed by atoms with Gasteiger partial charge in [-0.2, -0.15) is 0 Å². The fourth-order valence-electron chi connectivity index (χ4n) is 3.08. The molecule has 0 radical (unpaired) electrons. The summed E-state index contributed by atoms with van der Waals surface area (Å²) >= 11 is 0. The zero-order chi connectivity index (χ0) is 21.1. The Morgan fingerprint density at radius 2 is 2.00 bits per heavy atom. The van der Waals surface area contributed by atoms with Gasteiger partial charge in [0.15, 0.2) is 0 Å². The maximum Gasteiger partial charge on any atom is 0.351 e. The molecule has 0 aliphatic heterocycles. The Bertz CT molecular complexity index is 1280. The van der Waals surface area contributed by atoms with Crippen LogP contribution in [0, 0.1) is 6.92 Å². The number of nitrogens with one attached hydrogen (secondary N) is 1. The van der Waals surface area contributed by atoms with E-state index in [-0.39, 0.29) is 24.0 Å². The first-order valence-electron chi connectivity index (χ1n) is 9.61. The van der Waals surface area contributed by atoms with E-state index in [0.717, 1.165) is 22.2 Å². The summed E-state index contributed by atoms with van der Waals surface area (Å²) in [6, 6.07) is 15.1. The SMILES string of the molecule is CCc1cccc(NC(=O)Cn2nc3c(Oc4ccccc4C)nccn3c2=O)c1. The number of benzene rings is 2. The summed E-state index contributed by atoms with van der Waals surface area (Å²) in [5.74, 6) is 0.468. The summed E-state index contributed by atoms with van der Waals surface area (Å²) in [4.78, 5) is 29.4. The van der Waals surface area contributed by atoms with Gasteiger partial charge in [0, 0.05) is 18.1 Å². The minimum Gasteiger partial charge on any atom is -0.436 e. The Morgan fingerprint density at radius 3 is 2.80 bits per heavy atom. The Hall–Kier alpha value is -3.94. The van der Waals surface area contributed by atoms with Gasteiger partial charge in [0.25, 0.3) is 5.88 Å². The van der Waals surface area contributed by atoms with Gasteiger partial charge in [0.2, 0.25) is 11.6 Å². The number of fused-ring (bicyclic) bond motifs is 1. The van der Waals surface area contributed by atoms with Crippen LogP contribution >= 0.6 is 0 Å². The van der Waals surface area contributed by atoms with E-state index in [4.69, 9.17) is 4.74 Å². The molecule has 1 N–H and O–H groups in total. The number of anilines is 1. The Balaban J connectivity index is 1.59. The average molecular weight is 403 g/mol. The third-order valence-corrected chi connectivity index (χ3v) is 4.68. The summed E-state index contributed by atoms with van der Waals surface area (Å²) in [6.45, 7) is 3.74. The molecule has 0 spiro atoms. The smallest absolute Gasteiger partial charge is 0.351 e. The van der Waals surface area contributed by atoms with Gasteiger partial charge in [-0.1, -0.05) is 37.3 Å². The highest BCUT2D eigenvalue weighted by Crippen LogP contribution is 2.24. The number of aromatic nitrogens is 4. The molecule has 2 heterocycles. The van der Waals surface area contributed by atoms with Crippen molar-refractivity contribution >= 4 is 17.2 Å². The van der Waals surface area contributed by atoms with E-state index in [9.17, 15) is 9.59 Å². The molecule has 2 aromatic heterocycles. The molecule has 8 heteroatoms. The van der Waals surface area contributed by atoms with Gasteiger partial charge in [-0.3, -0.25) is 4.79 Å². The van der Waals surface area contributed by atoms with Crippen molar-refractivity contribution in [3.63, 3.8) is 0 Å². The second-order valence-electron chi connectivity index (χ2n) is 6.84. The maximum absolute atomic E-state index is 12.7.